The van der Waals surface area contributed by atoms with E-state index in [9.17, 15) is 4.79 Å². The summed E-state index contributed by atoms with van der Waals surface area (Å²) in [5.74, 6) is 1.62. The number of piperazine rings is 1. The highest BCUT2D eigenvalue weighted by atomic mass is 16.5. The van der Waals surface area contributed by atoms with Crippen LogP contribution in [0.15, 0.2) is 61.1 Å². The smallest absolute Gasteiger partial charge is 0.247 e. The molecule has 2 saturated heterocycles. The normalized spacial score (nSPS) is 22.9. The Balaban J connectivity index is 1.00. The molecule has 3 atom stereocenters. The summed E-state index contributed by atoms with van der Waals surface area (Å²) < 4.78 is 9.96. The quantitative estimate of drug-likeness (QED) is 0.355. The average molecular weight is 556 g/mol. The van der Waals surface area contributed by atoms with Gasteiger partial charge >= 0.3 is 0 Å². The Bertz CT molecular complexity index is 1480. The van der Waals surface area contributed by atoms with Crippen LogP contribution in [0.25, 0.3) is 5.65 Å². The van der Waals surface area contributed by atoms with E-state index in [0.29, 0.717) is 30.5 Å². The van der Waals surface area contributed by atoms with Gasteiger partial charge in [-0.2, -0.15) is 10.1 Å². The summed E-state index contributed by atoms with van der Waals surface area (Å²) in [6, 6.07) is 14.6. The Kier molecular flexibility index (Phi) is 7.05. The molecule has 214 valence electrons. The van der Waals surface area contributed by atoms with E-state index in [0.717, 1.165) is 56.3 Å². The number of ether oxygens (including phenoxy) is 1. The van der Waals surface area contributed by atoms with E-state index in [-0.39, 0.29) is 12.5 Å². The number of hydrogen-bond donors (Lipinski definition) is 1. The number of pyridine rings is 1. The molecule has 1 unspecified atom stereocenters. The average Bonchev–Trinajstić information content (AvgIpc) is 3.67. The van der Waals surface area contributed by atoms with Crippen molar-refractivity contribution in [3.05, 3.63) is 66.6 Å². The van der Waals surface area contributed by atoms with Gasteiger partial charge in [-0.3, -0.25) is 9.48 Å². The van der Waals surface area contributed by atoms with Crippen LogP contribution in [-0.2, 0) is 22.7 Å². The number of nitrogens with zero attached hydrogens (tertiary/aromatic N) is 8. The second-order valence-electron chi connectivity index (χ2n) is 11.6. The zero-order valence-corrected chi connectivity index (χ0v) is 23.5. The minimum absolute atomic E-state index is 0.0893. The third-order valence-electron chi connectivity index (χ3n) is 8.76. The largest absolute Gasteiger partial charge is 0.373 e. The third kappa shape index (κ3) is 5.51. The van der Waals surface area contributed by atoms with Crippen LogP contribution in [0.2, 0.25) is 0 Å². The van der Waals surface area contributed by atoms with Crippen LogP contribution in [-0.4, -0.2) is 92.5 Å². The lowest BCUT2D eigenvalue weighted by molar-refractivity contribution is -0.133. The van der Waals surface area contributed by atoms with Crippen molar-refractivity contribution in [1.29, 1.82) is 0 Å². The number of piperidine rings is 1. The predicted molar refractivity (Wildman–Crippen MR) is 156 cm³/mol. The van der Waals surface area contributed by atoms with Gasteiger partial charge in [0.15, 0.2) is 5.65 Å². The first-order chi connectivity index (χ1) is 20.1. The number of likely N-dealkylation sites (N-methyl/N-ethyl adjacent to an activating group) is 1. The molecular formula is C30H37N9O2. The Labute approximate surface area is 239 Å². The van der Waals surface area contributed by atoms with Gasteiger partial charge in [-0.25, -0.2) is 4.52 Å². The van der Waals surface area contributed by atoms with Crippen LogP contribution in [0.5, 0.6) is 0 Å². The van der Waals surface area contributed by atoms with E-state index in [4.69, 9.17) is 9.72 Å². The molecule has 41 heavy (non-hydrogen) atoms. The molecule has 11 heteroatoms. The van der Waals surface area contributed by atoms with E-state index < -0.39 is 0 Å². The number of benzene rings is 1. The molecule has 5 heterocycles. The molecule has 1 saturated carbocycles. The van der Waals surface area contributed by atoms with Crippen molar-refractivity contribution in [3.63, 3.8) is 0 Å². The first-order valence-corrected chi connectivity index (χ1v) is 14.6. The number of hydrogen-bond acceptors (Lipinski definition) is 8. The van der Waals surface area contributed by atoms with Crippen LogP contribution in [0, 0.1) is 11.8 Å². The lowest BCUT2D eigenvalue weighted by Gasteiger charge is -2.39. The fourth-order valence-corrected chi connectivity index (χ4v) is 6.54. The lowest BCUT2D eigenvalue weighted by Crippen LogP contribution is -2.48. The Hall–Kier alpha value is -3.96. The highest BCUT2D eigenvalue weighted by Gasteiger charge is 2.43. The van der Waals surface area contributed by atoms with Gasteiger partial charge in [0.2, 0.25) is 11.9 Å². The molecular weight excluding hydrogens is 518 g/mol. The molecule has 0 spiro atoms. The van der Waals surface area contributed by atoms with Crippen molar-refractivity contribution in [2.45, 2.75) is 32.1 Å². The van der Waals surface area contributed by atoms with Gasteiger partial charge in [-0.1, -0.05) is 30.3 Å². The summed E-state index contributed by atoms with van der Waals surface area (Å²) in [5.41, 5.74) is 3.91. The van der Waals surface area contributed by atoms with Gasteiger partial charge in [0.05, 0.1) is 30.3 Å². The minimum Gasteiger partial charge on any atom is -0.373 e. The molecule has 1 N–H and O–H groups in total. The second kappa shape index (κ2) is 11.1. The van der Waals surface area contributed by atoms with Crippen molar-refractivity contribution in [3.8, 4) is 0 Å². The summed E-state index contributed by atoms with van der Waals surface area (Å²) in [6.07, 6.45) is 8.18. The van der Waals surface area contributed by atoms with Crippen LogP contribution in [0.3, 0.4) is 0 Å². The molecule has 2 aliphatic heterocycles. The van der Waals surface area contributed by atoms with E-state index in [1.54, 1.807) is 10.9 Å². The SMILES string of the molecule is CN1CCN(C(=O)Cn2cc(Nc3nc4c(N5C[C@H]6CC[C@@H](C5)C6OCc5ccccc5)cccn4n3)cn2)CC1. The molecule has 1 amide bonds. The monoisotopic (exact) mass is 555 g/mol. The molecule has 1 aromatic carbocycles. The fraction of sp³-hybridized carbons (Fsp3) is 0.467. The van der Waals surface area contributed by atoms with E-state index in [1.807, 2.05) is 33.9 Å². The fourth-order valence-electron chi connectivity index (χ4n) is 6.54. The number of carbonyl (C=O) groups is 1. The molecule has 3 fully saturated rings. The highest BCUT2D eigenvalue weighted by Crippen LogP contribution is 2.41. The van der Waals surface area contributed by atoms with Gasteiger partial charge in [0.25, 0.3) is 0 Å². The number of nitrogens with one attached hydrogen (secondary N) is 1. The number of amides is 1. The van der Waals surface area contributed by atoms with E-state index in [1.165, 1.54) is 18.4 Å². The standard InChI is InChI=1S/C30H37N9O2/c1-35-12-14-36(15-13-35)27(40)20-38-19-25(16-31-38)32-30-33-29-26(8-5-11-39(29)34-30)37-17-23-9-10-24(18-37)28(23)41-21-22-6-3-2-4-7-22/h2-8,11,16,19,23-24,28H,9-10,12-15,17-18,20-21H2,1H3,(H,32,34)/t23-,24+,28?. The second-order valence-corrected chi connectivity index (χ2v) is 11.6. The summed E-state index contributed by atoms with van der Waals surface area (Å²) >= 11 is 0. The summed E-state index contributed by atoms with van der Waals surface area (Å²) in [7, 11) is 2.08. The number of carbonyl (C=O) groups excluding carboxylic acids is 1. The zero-order valence-electron chi connectivity index (χ0n) is 23.5. The van der Waals surface area contributed by atoms with Crippen LogP contribution in [0.4, 0.5) is 17.3 Å². The number of aromatic nitrogens is 5. The van der Waals surface area contributed by atoms with Crippen LogP contribution in [0.1, 0.15) is 18.4 Å². The molecule has 7 rings (SSSR count). The van der Waals surface area contributed by atoms with Crippen molar-refractivity contribution in [1.82, 2.24) is 34.2 Å². The Morgan fingerprint density at radius 1 is 1.02 bits per heavy atom. The number of fused-ring (bicyclic) bond motifs is 3. The predicted octanol–water partition coefficient (Wildman–Crippen LogP) is 2.88. The molecule has 4 aromatic rings. The Morgan fingerprint density at radius 2 is 1.80 bits per heavy atom. The van der Waals surface area contributed by atoms with Crippen molar-refractivity contribution >= 4 is 28.9 Å². The van der Waals surface area contributed by atoms with Crippen LogP contribution >= 0.6 is 0 Å². The van der Waals surface area contributed by atoms with Gasteiger partial charge in [0, 0.05) is 63.5 Å². The maximum atomic E-state index is 12.7. The maximum Gasteiger partial charge on any atom is 0.247 e. The zero-order chi connectivity index (χ0) is 27.8. The molecule has 1 aliphatic carbocycles. The summed E-state index contributed by atoms with van der Waals surface area (Å²) in [5, 5.41) is 12.3. The topological polar surface area (TPSA) is 96.1 Å². The molecule has 3 aromatic heterocycles. The molecule has 2 bridgehead atoms. The highest BCUT2D eigenvalue weighted by molar-refractivity contribution is 5.76. The van der Waals surface area contributed by atoms with Gasteiger partial charge < -0.3 is 24.8 Å². The number of anilines is 3. The lowest BCUT2D eigenvalue weighted by atomic mass is 9.94. The first-order valence-electron chi connectivity index (χ1n) is 14.6. The minimum atomic E-state index is 0.0893. The van der Waals surface area contributed by atoms with E-state index >= 15 is 0 Å². The van der Waals surface area contributed by atoms with Gasteiger partial charge in [0.1, 0.15) is 6.54 Å². The van der Waals surface area contributed by atoms with Crippen molar-refractivity contribution < 1.29 is 9.53 Å². The molecule has 11 nitrogen and oxygen atoms in total. The third-order valence-corrected chi connectivity index (χ3v) is 8.76. The molecule has 3 aliphatic rings. The number of rotatable bonds is 8. The van der Waals surface area contributed by atoms with Crippen LogP contribution < -0.4 is 10.2 Å². The van der Waals surface area contributed by atoms with Crippen molar-refractivity contribution in [2.75, 3.05) is 56.5 Å². The summed E-state index contributed by atoms with van der Waals surface area (Å²) in [6.45, 7) is 6.14. The van der Waals surface area contributed by atoms with E-state index in [2.05, 4.69) is 62.7 Å². The maximum absolute atomic E-state index is 12.7. The first kappa shape index (κ1) is 26.0. The summed E-state index contributed by atoms with van der Waals surface area (Å²) in [4.78, 5) is 24.2. The molecule has 0 radical (unpaired) electrons. The van der Waals surface area contributed by atoms with Crippen molar-refractivity contribution in [2.24, 2.45) is 11.8 Å². The van der Waals surface area contributed by atoms with Gasteiger partial charge in [-0.05, 0) is 37.6 Å². The van der Waals surface area contributed by atoms with Gasteiger partial charge in [-0.15, -0.1) is 5.10 Å². The Morgan fingerprint density at radius 3 is 2.59 bits per heavy atom.